The van der Waals surface area contributed by atoms with Crippen molar-refractivity contribution < 1.29 is 23.5 Å². The number of carbonyl (C=O) groups excluding carboxylic acids is 2. The average molecular weight is 374 g/mol. The molecule has 1 heterocycles. The van der Waals surface area contributed by atoms with Crippen molar-refractivity contribution in [2.24, 2.45) is 0 Å². The van der Waals surface area contributed by atoms with Gasteiger partial charge in [-0.1, -0.05) is 23.7 Å². The van der Waals surface area contributed by atoms with Crippen molar-refractivity contribution >= 4 is 40.1 Å². The summed E-state index contributed by atoms with van der Waals surface area (Å²) >= 11 is 6.28. The number of hydrogen-bond donors (Lipinski definition) is 1. The molecule has 0 fully saturated rings. The third-order valence-electron chi connectivity index (χ3n) is 3.83. The molecule has 0 atom stereocenters. The van der Waals surface area contributed by atoms with E-state index >= 15 is 0 Å². The van der Waals surface area contributed by atoms with Gasteiger partial charge in [0, 0.05) is 12.3 Å². The summed E-state index contributed by atoms with van der Waals surface area (Å²) in [4.78, 5) is 23.7. The van der Waals surface area contributed by atoms with E-state index in [2.05, 4.69) is 5.32 Å². The van der Waals surface area contributed by atoms with Gasteiger partial charge in [-0.15, -0.1) is 0 Å². The molecule has 0 spiro atoms. The van der Waals surface area contributed by atoms with Crippen molar-refractivity contribution in [1.82, 2.24) is 0 Å². The molecule has 7 heteroatoms. The number of para-hydroxylation sites is 1. The van der Waals surface area contributed by atoms with Gasteiger partial charge < -0.3 is 19.2 Å². The molecule has 134 valence electrons. The van der Waals surface area contributed by atoms with E-state index in [0.29, 0.717) is 28.1 Å². The number of furan rings is 1. The number of benzene rings is 2. The lowest BCUT2D eigenvalue weighted by atomic mass is 10.1. The number of esters is 1. The first kappa shape index (κ1) is 17.8. The van der Waals surface area contributed by atoms with Crippen molar-refractivity contribution in [2.75, 3.05) is 19.5 Å². The van der Waals surface area contributed by atoms with Gasteiger partial charge in [0.05, 0.1) is 30.5 Å². The monoisotopic (exact) mass is 373 g/mol. The minimum Gasteiger partial charge on any atom is -0.496 e. The predicted octanol–water partition coefficient (Wildman–Crippen LogP) is 4.51. The smallest absolute Gasteiger partial charge is 0.341 e. The molecule has 26 heavy (non-hydrogen) atoms. The highest BCUT2D eigenvalue weighted by atomic mass is 35.5. The van der Waals surface area contributed by atoms with Crippen LogP contribution < -0.4 is 10.1 Å². The average Bonchev–Trinajstić information content (AvgIpc) is 3.08. The standard InChI is InChI=1S/C19H16ClNO5/c1-10(22)21-17-12-9-16(11-6-4-5-7-15(11)24-2)26-18(12)13(8-14(17)20)19(23)25-3/h4-9H,1-3H3,(H,21,22). The lowest BCUT2D eigenvalue weighted by molar-refractivity contribution is -0.114. The van der Waals surface area contributed by atoms with Gasteiger partial charge in [0.15, 0.2) is 5.58 Å². The van der Waals surface area contributed by atoms with Gasteiger partial charge in [-0.3, -0.25) is 4.79 Å². The molecular weight excluding hydrogens is 358 g/mol. The Labute approximate surface area is 154 Å². The molecule has 0 saturated carbocycles. The van der Waals surface area contributed by atoms with Gasteiger partial charge in [0.2, 0.25) is 5.91 Å². The predicted molar refractivity (Wildman–Crippen MR) is 98.9 cm³/mol. The number of anilines is 1. The summed E-state index contributed by atoms with van der Waals surface area (Å²) in [7, 11) is 2.83. The van der Waals surface area contributed by atoms with Crippen molar-refractivity contribution in [3.8, 4) is 17.1 Å². The van der Waals surface area contributed by atoms with Gasteiger partial charge in [0.1, 0.15) is 17.1 Å². The van der Waals surface area contributed by atoms with E-state index in [1.54, 1.807) is 19.2 Å². The molecule has 0 aliphatic rings. The topological polar surface area (TPSA) is 77.8 Å². The SMILES string of the molecule is COC(=O)c1cc(Cl)c(NC(C)=O)c2cc(-c3ccccc3OC)oc12. The summed E-state index contributed by atoms with van der Waals surface area (Å²) in [6, 6.07) is 10.4. The van der Waals surface area contributed by atoms with Gasteiger partial charge in [-0.2, -0.15) is 0 Å². The molecule has 0 aliphatic heterocycles. The number of rotatable bonds is 4. The number of ether oxygens (including phenoxy) is 2. The normalized spacial score (nSPS) is 10.6. The summed E-state index contributed by atoms with van der Waals surface area (Å²) < 4.78 is 16.1. The quantitative estimate of drug-likeness (QED) is 0.681. The fourth-order valence-corrected chi connectivity index (χ4v) is 2.97. The number of hydrogen-bond acceptors (Lipinski definition) is 5. The molecule has 0 saturated heterocycles. The zero-order valence-electron chi connectivity index (χ0n) is 14.4. The van der Waals surface area contributed by atoms with Crippen LogP contribution in [0, 0.1) is 0 Å². The van der Waals surface area contributed by atoms with Crippen LogP contribution >= 0.6 is 11.6 Å². The highest BCUT2D eigenvalue weighted by molar-refractivity contribution is 6.36. The minimum atomic E-state index is -0.591. The molecule has 0 radical (unpaired) electrons. The first-order valence-corrected chi connectivity index (χ1v) is 8.09. The second-order valence-corrected chi connectivity index (χ2v) is 5.91. The Hall–Kier alpha value is -2.99. The first-order valence-electron chi connectivity index (χ1n) is 7.71. The van der Waals surface area contributed by atoms with Crippen LogP contribution in [0.25, 0.3) is 22.3 Å². The van der Waals surface area contributed by atoms with Gasteiger partial charge in [-0.05, 0) is 24.3 Å². The van der Waals surface area contributed by atoms with Crippen molar-refractivity contribution in [3.63, 3.8) is 0 Å². The lowest BCUT2D eigenvalue weighted by Gasteiger charge is -2.08. The van der Waals surface area contributed by atoms with Crippen LogP contribution in [0.2, 0.25) is 5.02 Å². The summed E-state index contributed by atoms with van der Waals surface area (Å²) in [5, 5.41) is 3.38. The Kier molecular flexibility index (Phi) is 4.86. The molecule has 0 unspecified atom stereocenters. The molecule has 3 aromatic rings. The number of nitrogens with one attached hydrogen (secondary N) is 1. The van der Waals surface area contributed by atoms with E-state index in [-0.39, 0.29) is 22.1 Å². The third-order valence-corrected chi connectivity index (χ3v) is 4.13. The fraction of sp³-hybridized carbons (Fsp3) is 0.158. The lowest BCUT2D eigenvalue weighted by Crippen LogP contribution is -2.08. The van der Waals surface area contributed by atoms with Crippen LogP contribution in [0.1, 0.15) is 17.3 Å². The van der Waals surface area contributed by atoms with Crippen LogP contribution in [-0.2, 0) is 9.53 Å². The number of methoxy groups -OCH3 is 2. The first-order chi connectivity index (χ1) is 12.5. The van der Waals surface area contributed by atoms with Crippen molar-refractivity contribution in [1.29, 1.82) is 0 Å². The summed E-state index contributed by atoms with van der Waals surface area (Å²) in [6.45, 7) is 1.37. The van der Waals surface area contributed by atoms with Crippen molar-refractivity contribution in [3.05, 3.63) is 47.0 Å². The van der Waals surface area contributed by atoms with E-state index in [4.69, 9.17) is 25.5 Å². The minimum absolute atomic E-state index is 0.169. The number of halogens is 1. The maximum Gasteiger partial charge on any atom is 0.341 e. The number of carbonyl (C=O) groups is 2. The van der Waals surface area contributed by atoms with Crippen LogP contribution in [0.15, 0.2) is 40.8 Å². The van der Waals surface area contributed by atoms with Gasteiger partial charge in [0.25, 0.3) is 0 Å². The highest BCUT2D eigenvalue weighted by Crippen LogP contribution is 2.41. The van der Waals surface area contributed by atoms with E-state index in [1.165, 1.54) is 20.1 Å². The van der Waals surface area contributed by atoms with Crippen LogP contribution in [0.5, 0.6) is 5.75 Å². The Morgan fingerprint density at radius 2 is 1.88 bits per heavy atom. The Bertz CT molecular complexity index is 1010. The summed E-state index contributed by atoms with van der Waals surface area (Å²) in [5.74, 6) is 0.195. The number of fused-ring (bicyclic) bond motifs is 1. The summed E-state index contributed by atoms with van der Waals surface area (Å²) in [6.07, 6.45) is 0. The zero-order valence-corrected chi connectivity index (χ0v) is 15.1. The van der Waals surface area contributed by atoms with E-state index in [9.17, 15) is 9.59 Å². The van der Waals surface area contributed by atoms with E-state index in [0.717, 1.165) is 0 Å². The Balaban J connectivity index is 2.32. The zero-order chi connectivity index (χ0) is 18.8. The third kappa shape index (κ3) is 3.11. The fourth-order valence-electron chi connectivity index (χ4n) is 2.72. The van der Waals surface area contributed by atoms with E-state index in [1.807, 2.05) is 18.2 Å². The summed E-state index contributed by atoms with van der Waals surface area (Å²) in [5.41, 5.74) is 1.51. The Morgan fingerprint density at radius 1 is 1.15 bits per heavy atom. The molecule has 6 nitrogen and oxygen atoms in total. The Morgan fingerprint density at radius 3 is 2.54 bits per heavy atom. The largest absolute Gasteiger partial charge is 0.496 e. The molecule has 1 amide bonds. The van der Waals surface area contributed by atoms with Crippen LogP contribution in [0.3, 0.4) is 0 Å². The number of amides is 1. The second kappa shape index (κ2) is 7.09. The molecule has 2 aromatic carbocycles. The maximum absolute atomic E-state index is 12.1. The molecule has 3 rings (SSSR count). The van der Waals surface area contributed by atoms with Gasteiger partial charge in [-0.25, -0.2) is 4.79 Å². The van der Waals surface area contributed by atoms with Gasteiger partial charge >= 0.3 is 5.97 Å². The van der Waals surface area contributed by atoms with E-state index < -0.39 is 5.97 Å². The molecule has 1 aromatic heterocycles. The van der Waals surface area contributed by atoms with Crippen LogP contribution in [0.4, 0.5) is 5.69 Å². The molecule has 0 bridgehead atoms. The molecular formula is C19H16ClNO5. The molecule has 0 aliphatic carbocycles. The maximum atomic E-state index is 12.1. The van der Waals surface area contributed by atoms with Crippen LogP contribution in [-0.4, -0.2) is 26.1 Å². The van der Waals surface area contributed by atoms with Crippen molar-refractivity contribution in [2.45, 2.75) is 6.92 Å². The second-order valence-electron chi connectivity index (χ2n) is 5.51. The molecule has 1 N–H and O–H groups in total. The highest BCUT2D eigenvalue weighted by Gasteiger charge is 2.22.